The number of para-hydroxylation sites is 1. The van der Waals surface area contributed by atoms with E-state index in [2.05, 4.69) is 10.3 Å². The molecule has 2 aromatic carbocycles. The molecule has 184 valence electrons. The van der Waals surface area contributed by atoms with E-state index in [1.807, 2.05) is 18.7 Å². The zero-order valence-corrected chi connectivity index (χ0v) is 19.4. The van der Waals surface area contributed by atoms with Crippen LogP contribution < -0.4 is 10.2 Å². The van der Waals surface area contributed by atoms with Crippen molar-refractivity contribution in [3.63, 3.8) is 0 Å². The van der Waals surface area contributed by atoms with Crippen LogP contribution in [0.2, 0.25) is 0 Å². The number of carbonyl (C=O) groups excluding carboxylic acids is 1. The molecule has 0 saturated carbocycles. The van der Waals surface area contributed by atoms with Crippen molar-refractivity contribution in [1.29, 1.82) is 0 Å². The summed E-state index contributed by atoms with van der Waals surface area (Å²) in [7, 11) is 0. The number of nitrogens with zero attached hydrogens (tertiary/aromatic N) is 4. The average molecular weight is 488 g/mol. The fourth-order valence-corrected chi connectivity index (χ4v) is 4.07. The summed E-state index contributed by atoms with van der Waals surface area (Å²) < 4.78 is 52.7. The van der Waals surface area contributed by atoms with Gasteiger partial charge in [-0.25, -0.2) is 19.2 Å². The van der Waals surface area contributed by atoms with Gasteiger partial charge in [0, 0.05) is 43.0 Å². The molecule has 0 atom stereocenters. The number of alkyl halides is 3. The maximum absolute atomic E-state index is 13.9. The third-order valence-electron chi connectivity index (χ3n) is 6.00. The quantitative estimate of drug-likeness (QED) is 0.492. The van der Waals surface area contributed by atoms with E-state index in [0.717, 1.165) is 23.4 Å². The number of aryl methyl sites for hydroxylation is 1. The third kappa shape index (κ3) is 5.36. The minimum atomic E-state index is -4.41. The summed E-state index contributed by atoms with van der Waals surface area (Å²) in [5.41, 5.74) is 1.60. The number of benzene rings is 2. The molecule has 0 radical (unpaired) electrons. The van der Waals surface area contributed by atoms with Crippen LogP contribution in [0.5, 0.6) is 0 Å². The molecule has 35 heavy (non-hydrogen) atoms. The molecule has 1 aromatic heterocycles. The Labute approximate surface area is 200 Å². The minimum absolute atomic E-state index is 0.126. The summed E-state index contributed by atoms with van der Waals surface area (Å²) in [4.78, 5) is 25.5. The van der Waals surface area contributed by atoms with Crippen molar-refractivity contribution in [3.8, 4) is 11.4 Å². The standard InChI is InChI=1S/C25H25F4N5O/c1-3-19-16(2)30-22(17-8-10-18(11-9-17)25(27,28)29)32-23(19)33-12-14-34(15-13-33)24(35)31-21-7-5-4-6-20(21)26/h4-11H,3,12-15H2,1-2H3,(H,31,35). The Bertz CT molecular complexity index is 1210. The number of amides is 2. The molecule has 6 nitrogen and oxygen atoms in total. The van der Waals surface area contributed by atoms with Crippen molar-refractivity contribution in [2.75, 3.05) is 36.4 Å². The van der Waals surface area contributed by atoms with Crippen LogP contribution in [0.3, 0.4) is 0 Å². The molecular weight excluding hydrogens is 462 g/mol. The van der Waals surface area contributed by atoms with Crippen LogP contribution in [0.4, 0.5) is 33.9 Å². The highest BCUT2D eigenvalue weighted by Crippen LogP contribution is 2.31. The molecule has 1 saturated heterocycles. The lowest BCUT2D eigenvalue weighted by Crippen LogP contribution is -2.50. The van der Waals surface area contributed by atoms with Crippen LogP contribution in [0.25, 0.3) is 11.4 Å². The molecule has 1 aliphatic rings. The number of rotatable bonds is 4. The number of piperazine rings is 1. The zero-order valence-electron chi connectivity index (χ0n) is 19.4. The summed E-state index contributed by atoms with van der Waals surface area (Å²) in [6.07, 6.45) is -3.73. The first kappa shape index (κ1) is 24.4. The first-order valence-electron chi connectivity index (χ1n) is 11.3. The predicted molar refractivity (Wildman–Crippen MR) is 126 cm³/mol. The lowest BCUT2D eigenvalue weighted by molar-refractivity contribution is -0.137. The van der Waals surface area contributed by atoms with Gasteiger partial charge in [-0.05, 0) is 37.6 Å². The average Bonchev–Trinajstić information content (AvgIpc) is 2.84. The van der Waals surface area contributed by atoms with E-state index in [1.165, 1.54) is 24.3 Å². The molecule has 0 bridgehead atoms. The number of carbonyl (C=O) groups is 1. The molecule has 1 N–H and O–H groups in total. The minimum Gasteiger partial charge on any atom is -0.353 e. The van der Waals surface area contributed by atoms with Gasteiger partial charge in [0.2, 0.25) is 0 Å². The van der Waals surface area contributed by atoms with Gasteiger partial charge in [0.25, 0.3) is 0 Å². The fraction of sp³-hybridized carbons (Fsp3) is 0.320. The van der Waals surface area contributed by atoms with Gasteiger partial charge in [-0.1, -0.05) is 31.2 Å². The van der Waals surface area contributed by atoms with Crippen molar-refractivity contribution < 1.29 is 22.4 Å². The van der Waals surface area contributed by atoms with E-state index in [4.69, 9.17) is 4.98 Å². The van der Waals surface area contributed by atoms with E-state index in [9.17, 15) is 22.4 Å². The Kier molecular flexibility index (Phi) is 6.90. The van der Waals surface area contributed by atoms with Gasteiger partial charge in [-0.15, -0.1) is 0 Å². The highest BCUT2D eigenvalue weighted by Gasteiger charge is 2.30. The maximum atomic E-state index is 13.9. The Hall–Kier alpha value is -3.69. The fourth-order valence-electron chi connectivity index (χ4n) is 4.07. The Morgan fingerprint density at radius 3 is 2.26 bits per heavy atom. The molecule has 10 heteroatoms. The van der Waals surface area contributed by atoms with Gasteiger partial charge < -0.3 is 15.1 Å². The summed E-state index contributed by atoms with van der Waals surface area (Å²) in [6.45, 7) is 5.66. The smallest absolute Gasteiger partial charge is 0.353 e. The predicted octanol–water partition coefficient (Wildman–Crippen LogP) is 5.53. The van der Waals surface area contributed by atoms with Crippen LogP contribution in [0, 0.1) is 12.7 Å². The van der Waals surface area contributed by atoms with Crippen molar-refractivity contribution in [2.45, 2.75) is 26.4 Å². The number of aromatic nitrogens is 2. The summed E-state index contributed by atoms with van der Waals surface area (Å²) in [5.74, 6) is 0.562. The number of halogens is 4. The monoisotopic (exact) mass is 487 g/mol. The van der Waals surface area contributed by atoms with Crippen molar-refractivity contribution >= 4 is 17.5 Å². The Balaban J connectivity index is 1.51. The van der Waals surface area contributed by atoms with Crippen LogP contribution in [0.15, 0.2) is 48.5 Å². The molecule has 2 heterocycles. The van der Waals surface area contributed by atoms with E-state index in [-0.39, 0.29) is 11.7 Å². The second-order valence-electron chi connectivity index (χ2n) is 8.25. The highest BCUT2D eigenvalue weighted by atomic mass is 19.4. The van der Waals surface area contributed by atoms with Gasteiger partial charge in [0.05, 0.1) is 11.3 Å². The number of urea groups is 1. The van der Waals surface area contributed by atoms with E-state index in [0.29, 0.717) is 49.8 Å². The summed E-state index contributed by atoms with van der Waals surface area (Å²) >= 11 is 0. The SMILES string of the molecule is CCc1c(C)nc(-c2ccc(C(F)(F)F)cc2)nc1N1CCN(C(=O)Nc2ccccc2F)CC1. The van der Waals surface area contributed by atoms with Crippen molar-refractivity contribution in [1.82, 2.24) is 14.9 Å². The van der Waals surface area contributed by atoms with E-state index >= 15 is 0 Å². The molecule has 0 unspecified atom stereocenters. The zero-order chi connectivity index (χ0) is 25.2. The second kappa shape index (κ2) is 9.89. The Morgan fingerprint density at radius 1 is 1.00 bits per heavy atom. The molecule has 0 spiro atoms. The second-order valence-corrected chi connectivity index (χ2v) is 8.25. The van der Waals surface area contributed by atoms with Gasteiger partial charge in [0.1, 0.15) is 11.6 Å². The third-order valence-corrected chi connectivity index (χ3v) is 6.00. The molecular formula is C25H25F4N5O. The van der Waals surface area contributed by atoms with Crippen molar-refractivity contribution in [2.24, 2.45) is 0 Å². The summed E-state index contributed by atoms with van der Waals surface area (Å²) in [6, 6.07) is 10.4. The largest absolute Gasteiger partial charge is 0.416 e. The van der Waals surface area contributed by atoms with Crippen LogP contribution >= 0.6 is 0 Å². The summed E-state index contributed by atoms with van der Waals surface area (Å²) in [5, 5.41) is 2.60. The van der Waals surface area contributed by atoms with Gasteiger partial charge in [-0.2, -0.15) is 13.2 Å². The number of anilines is 2. The Morgan fingerprint density at radius 2 is 1.66 bits per heavy atom. The van der Waals surface area contributed by atoms with Crippen LogP contribution in [-0.4, -0.2) is 47.1 Å². The van der Waals surface area contributed by atoms with Gasteiger partial charge in [0.15, 0.2) is 5.82 Å². The number of hydrogen-bond donors (Lipinski definition) is 1. The normalized spacial score (nSPS) is 14.2. The maximum Gasteiger partial charge on any atom is 0.416 e. The van der Waals surface area contributed by atoms with E-state index in [1.54, 1.807) is 17.0 Å². The topological polar surface area (TPSA) is 61.4 Å². The molecule has 4 rings (SSSR count). The highest BCUT2D eigenvalue weighted by molar-refractivity contribution is 5.89. The molecule has 1 aliphatic heterocycles. The van der Waals surface area contributed by atoms with Gasteiger partial charge >= 0.3 is 12.2 Å². The molecule has 0 aliphatic carbocycles. The lowest BCUT2D eigenvalue weighted by atomic mass is 10.1. The molecule has 2 amide bonds. The van der Waals surface area contributed by atoms with Gasteiger partial charge in [-0.3, -0.25) is 0 Å². The van der Waals surface area contributed by atoms with Crippen LogP contribution in [-0.2, 0) is 12.6 Å². The molecule has 1 fully saturated rings. The van der Waals surface area contributed by atoms with Crippen molar-refractivity contribution in [3.05, 3.63) is 71.2 Å². The van der Waals surface area contributed by atoms with Crippen LogP contribution in [0.1, 0.15) is 23.7 Å². The number of hydrogen-bond acceptors (Lipinski definition) is 4. The first-order valence-corrected chi connectivity index (χ1v) is 11.3. The number of nitrogens with one attached hydrogen (secondary N) is 1. The lowest BCUT2D eigenvalue weighted by Gasteiger charge is -2.36. The molecule has 3 aromatic rings. The first-order chi connectivity index (χ1) is 16.7. The van der Waals surface area contributed by atoms with E-state index < -0.39 is 17.6 Å².